The summed E-state index contributed by atoms with van der Waals surface area (Å²) in [6.45, 7) is 0. The van der Waals surface area contributed by atoms with Gasteiger partial charge in [0.15, 0.2) is 10.7 Å². The van der Waals surface area contributed by atoms with E-state index >= 15 is 0 Å². The van der Waals surface area contributed by atoms with Crippen LogP contribution in [0.4, 0.5) is 0 Å². The Labute approximate surface area is 175 Å². The molecule has 1 fully saturated rings. The van der Waals surface area contributed by atoms with Crippen molar-refractivity contribution in [3.63, 3.8) is 0 Å². The highest BCUT2D eigenvalue weighted by molar-refractivity contribution is 7.98. The zero-order chi connectivity index (χ0) is 19.1. The first-order valence-corrected chi connectivity index (χ1v) is 11.0. The number of hydrogen-bond donors (Lipinski definition) is 0. The molecular formula is C20H14ClN5S2. The van der Waals surface area contributed by atoms with Crippen LogP contribution in [-0.4, -0.2) is 19.6 Å². The van der Waals surface area contributed by atoms with Gasteiger partial charge in [-0.2, -0.15) is 5.26 Å². The molecule has 1 aliphatic rings. The lowest BCUT2D eigenvalue weighted by Gasteiger charge is -2.06. The summed E-state index contributed by atoms with van der Waals surface area (Å²) < 4.78 is 1.96. The molecule has 0 N–H and O–H groups in total. The first-order valence-electron chi connectivity index (χ1n) is 8.77. The zero-order valence-corrected chi connectivity index (χ0v) is 17.1. The van der Waals surface area contributed by atoms with Crippen molar-refractivity contribution in [3.8, 4) is 16.8 Å². The van der Waals surface area contributed by atoms with Crippen molar-refractivity contribution in [1.29, 1.82) is 5.26 Å². The topological polar surface area (TPSA) is 66.9 Å². The van der Waals surface area contributed by atoms with Gasteiger partial charge in [-0.05, 0) is 24.5 Å². The summed E-state index contributed by atoms with van der Waals surface area (Å²) in [5.41, 5.74) is 2.37. The smallest absolute Gasteiger partial charge is 0.166 e. The van der Waals surface area contributed by atoms with Crippen molar-refractivity contribution in [2.75, 3.05) is 0 Å². The van der Waals surface area contributed by atoms with E-state index in [2.05, 4.69) is 33.4 Å². The molecule has 0 spiro atoms. The lowest BCUT2D eigenvalue weighted by atomic mass is 10.1. The lowest BCUT2D eigenvalue weighted by Crippen LogP contribution is -2.00. The third kappa shape index (κ3) is 3.08. The van der Waals surface area contributed by atoms with E-state index in [-0.39, 0.29) is 0 Å². The molecule has 0 unspecified atom stereocenters. The van der Waals surface area contributed by atoms with E-state index in [1.807, 2.05) is 34.9 Å². The van der Waals surface area contributed by atoms with Gasteiger partial charge in [-0.15, -0.1) is 22.0 Å². The fraction of sp³-hybridized carbons (Fsp3) is 0.200. The summed E-state index contributed by atoms with van der Waals surface area (Å²) in [7, 11) is 0. The molecule has 0 aliphatic heterocycles. The van der Waals surface area contributed by atoms with Gasteiger partial charge in [0.25, 0.3) is 0 Å². The van der Waals surface area contributed by atoms with E-state index in [0.717, 1.165) is 39.2 Å². The summed E-state index contributed by atoms with van der Waals surface area (Å²) in [4.78, 5) is 5.51. The average Bonchev–Trinajstić information content (AvgIpc) is 3.15. The van der Waals surface area contributed by atoms with E-state index in [1.165, 1.54) is 16.9 Å². The molecule has 5 rings (SSSR count). The fourth-order valence-corrected chi connectivity index (χ4v) is 5.30. The van der Waals surface area contributed by atoms with Gasteiger partial charge < -0.3 is 0 Å². The predicted octanol–water partition coefficient (Wildman–Crippen LogP) is 5.35. The first kappa shape index (κ1) is 17.7. The van der Waals surface area contributed by atoms with E-state index < -0.39 is 5.41 Å². The van der Waals surface area contributed by atoms with Crippen LogP contribution in [0.25, 0.3) is 16.3 Å². The van der Waals surface area contributed by atoms with Crippen molar-refractivity contribution in [1.82, 2.24) is 19.6 Å². The number of fused-ring (bicyclic) bond motifs is 1. The Morgan fingerprint density at radius 1 is 1.25 bits per heavy atom. The van der Waals surface area contributed by atoms with Crippen LogP contribution in [0.2, 0.25) is 5.02 Å². The van der Waals surface area contributed by atoms with Crippen LogP contribution in [0.15, 0.2) is 53.7 Å². The van der Waals surface area contributed by atoms with Gasteiger partial charge in [0.2, 0.25) is 0 Å². The number of imidazole rings is 1. The number of benzene rings is 1. The summed E-state index contributed by atoms with van der Waals surface area (Å²) in [6.07, 6.45) is 5.52. The molecule has 0 amide bonds. The minimum atomic E-state index is -0.426. The SMILES string of the molecule is N#CC1(c2nnc(-c3cnc4c(Cl)cc(SCc5ccccc5)cn34)s2)CC1. The Morgan fingerprint density at radius 3 is 2.82 bits per heavy atom. The highest BCUT2D eigenvalue weighted by atomic mass is 35.5. The minimum absolute atomic E-state index is 0.426. The Morgan fingerprint density at radius 2 is 2.07 bits per heavy atom. The Balaban J connectivity index is 1.49. The molecule has 0 bridgehead atoms. The number of rotatable bonds is 5. The van der Waals surface area contributed by atoms with E-state index in [0.29, 0.717) is 10.7 Å². The largest absolute Gasteiger partial charge is 0.295 e. The Kier molecular flexibility index (Phi) is 4.35. The van der Waals surface area contributed by atoms with Gasteiger partial charge in [0, 0.05) is 16.8 Å². The molecule has 1 aliphatic carbocycles. The monoisotopic (exact) mass is 423 g/mol. The third-order valence-corrected chi connectivity index (χ3v) is 7.26. The number of nitriles is 1. The molecule has 138 valence electrons. The Bertz CT molecular complexity index is 1200. The molecular weight excluding hydrogens is 410 g/mol. The van der Waals surface area contributed by atoms with E-state index in [4.69, 9.17) is 11.6 Å². The summed E-state index contributed by atoms with van der Waals surface area (Å²) >= 11 is 9.67. The van der Waals surface area contributed by atoms with Crippen LogP contribution in [0.1, 0.15) is 23.4 Å². The van der Waals surface area contributed by atoms with Crippen LogP contribution in [0.5, 0.6) is 0 Å². The molecule has 8 heteroatoms. The lowest BCUT2D eigenvalue weighted by molar-refractivity contribution is 0.853. The second kappa shape index (κ2) is 6.89. The normalized spacial score (nSPS) is 14.9. The molecule has 3 heterocycles. The molecule has 0 atom stereocenters. The van der Waals surface area contributed by atoms with Gasteiger partial charge in [-0.1, -0.05) is 53.3 Å². The van der Waals surface area contributed by atoms with Gasteiger partial charge >= 0.3 is 0 Å². The molecule has 1 saturated carbocycles. The molecule has 0 saturated heterocycles. The molecule has 4 aromatic rings. The van der Waals surface area contributed by atoms with E-state index in [9.17, 15) is 5.26 Å². The van der Waals surface area contributed by atoms with E-state index in [1.54, 1.807) is 18.0 Å². The average molecular weight is 424 g/mol. The molecule has 5 nitrogen and oxygen atoms in total. The first-order chi connectivity index (χ1) is 13.7. The van der Waals surface area contributed by atoms with Crippen LogP contribution in [0.3, 0.4) is 0 Å². The number of pyridine rings is 1. The van der Waals surface area contributed by atoms with Crippen LogP contribution in [-0.2, 0) is 11.2 Å². The van der Waals surface area contributed by atoms with Crippen molar-refractivity contribution in [2.45, 2.75) is 28.9 Å². The van der Waals surface area contributed by atoms with Crippen molar-refractivity contribution in [2.24, 2.45) is 0 Å². The maximum atomic E-state index is 9.40. The third-order valence-electron chi connectivity index (χ3n) is 4.80. The minimum Gasteiger partial charge on any atom is -0.295 e. The quantitative estimate of drug-likeness (QED) is 0.404. The second-order valence-corrected chi connectivity index (χ2v) is 9.17. The highest BCUT2D eigenvalue weighted by Gasteiger charge is 2.48. The number of thioether (sulfide) groups is 1. The standard InChI is InChI=1S/C20H14ClN5S2/c21-15-8-14(27-11-13-4-2-1-3-5-13)10-26-16(9-23-17(15)26)18-24-25-19(28-18)20(12-22)6-7-20/h1-5,8-10H,6-7,11H2. The molecule has 3 aromatic heterocycles. The van der Waals surface area contributed by atoms with Crippen LogP contribution in [0, 0.1) is 11.3 Å². The fourth-order valence-electron chi connectivity index (χ4n) is 3.02. The predicted molar refractivity (Wildman–Crippen MR) is 112 cm³/mol. The highest BCUT2D eigenvalue weighted by Crippen LogP contribution is 2.49. The summed E-state index contributed by atoms with van der Waals surface area (Å²) in [5.74, 6) is 0.861. The number of halogens is 1. The van der Waals surface area contributed by atoms with Crippen LogP contribution >= 0.6 is 34.7 Å². The number of aromatic nitrogens is 4. The molecule has 28 heavy (non-hydrogen) atoms. The van der Waals surface area contributed by atoms with Gasteiger partial charge in [-0.25, -0.2) is 4.98 Å². The zero-order valence-electron chi connectivity index (χ0n) is 14.7. The number of nitrogens with zero attached hydrogens (tertiary/aromatic N) is 5. The Hall–Kier alpha value is -2.40. The summed E-state index contributed by atoms with van der Waals surface area (Å²) in [5, 5.41) is 20.1. The van der Waals surface area contributed by atoms with Gasteiger partial charge in [0.1, 0.15) is 16.1 Å². The molecule has 1 aromatic carbocycles. The van der Waals surface area contributed by atoms with Gasteiger partial charge in [0.05, 0.1) is 17.3 Å². The van der Waals surface area contributed by atoms with Crippen molar-refractivity contribution >= 4 is 40.3 Å². The maximum Gasteiger partial charge on any atom is 0.166 e. The second-order valence-electron chi connectivity index (χ2n) is 6.74. The maximum absolute atomic E-state index is 9.40. The van der Waals surface area contributed by atoms with Crippen molar-refractivity contribution < 1.29 is 0 Å². The van der Waals surface area contributed by atoms with Gasteiger partial charge in [-0.3, -0.25) is 4.40 Å². The molecule has 0 radical (unpaired) electrons. The van der Waals surface area contributed by atoms with Crippen LogP contribution < -0.4 is 0 Å². The number of hydrogen-bond acceptors (Lipinski definition) is 6. The summed E-state index contributed by atoms with van der Waals surface area (Å²) in [6, 6.07) is 14.6. The van der Waals surface area contributed by atoms with Crippen molar-refractivity contribution in [3.05, 3.63) is 64.4 Å².